The molecule has 0 amide bonds. The van der Waals surface area contributed by atoms with E-state index < -0.39 is 109 Å². The van der Waals surface area contributed by atoms with Crippen molar-refractivity contribution in [2.75, 3.05) is 12.8 Å². The molecule has 52 heavy (non-hydrogen) atoms. The Balaban J connectivity index is 2.07. The van der Waals surface area contributed by atoms with Gasteiger partial charge >= 0.3 is 0 Å². The minimum Gasteiger partial charge on any atom is -0.505 e. The number of aromatic hydroxyl groups is 1. The highest BCUT2D eigenvalue weighted by Crippen LogP contribution is 2.49. The molecule has 0 spiro atoms. The number of nitrogens with zero attached hydrogens (tertiary/aromatic N) is 4. The number of benzene rings is 4. The second-order valence-corrected chi connectivity index (χ2v) is 18.0. The summed E-state index contributed by atoms with van der Waals surface area (Å²) in [7, 11) is -23.0. The van der Waals surface area contributed by atoms with Crippen molar-refractivity contribution in [2.45, 2.75) is 24.5 Å². The summed E-state index contributed by atoms with van der Waals surface area (Å²) in [5.74, 6) is -1.30. The summed E-state index contributed by atoms with van der Waals surface area (Å²) in [5, 5.41) is 25.7. The van der Waals surface area contributed by atoms with Crippen LogP contribution in [0.5, 0.6) is 11.5 Å². The topological polar surface area (TPSA) is 336 Å². The van der Waals surface area contributed by atoms with E-state index in [-0.39, 0.29) is 16.3 Å². The number of fused-ring (bicyclic) bond motifs is 1. The molecule has 276 valence electrons. The van der Waals surface area contributed by atoms with Crippen LogP contribution in [0.3, 0.4) is 0 Å². The predicted molar refractivity (Wildman–Crippen MR) is 182 cm³/mol. The normalized spacial score (nSPS) is 13.2. The highest BCUT2D eigenvalue weighted by molar-refractivity contribution is 7.94. The van der Waals surface area contributed by atoms with Gasteiger partial charge in [0.1, 0.15) is 43.2 Å². The summed E-state index contributed by atoms with van der Waals surface area (Å²) in [6.07, 6.45) is 0. The first-order valence-electron chi connectivity index (χ1n) is 13.3. The zero-order valence-corrected chi connectivity index (χ0v) is 30.0. The minimum absolute atomic E-state index is 0.0974. The van der Waals surface area contributed by atoms with Gasteiger partial charge in [0.25, 0.3) is 30.4 Å². The largest absolute Gasteiger partial charge is 0.505 e. The van der Waals surface area contributed by atoms with Crippen LogP contribution in [0.15, 0.2) is 117 Å². The highest BCUT2D eigenvalue weighted by Gasteiger charge is 2.29. The molecular weight excluding hydrogens is 795 g/mol. The molecule has 4 rings (SSSR count). The second kappa shape index (κ2) is 13.8. The van der Waals surface area contributed by atoms with Gasteiger partial charge in [-0.2, -0.15) is 25.3 Å². The third-order valence-corrected chi connectivity index (χ3v) is 12.2. The van der Waals surface area contributed by atoms with E-state index in [1.807, 2.05) is 0 Å². The number of sulfone groups is 2. The maximum atomic E-state index is 12.4. The van der Waals surface area contributed by atoms with Crippen LogP contribution in [0, 0.1) is 0 Å². The van der Waals surface area contributed by atoms with Gasteiger partial charge in [0.05, 0.1) is 28.0 Å². The van der Waals surface area contributed by atoms with Crippen molar-refractivity contribution in [3.8, 4) is 11.5 Å². The van der Waals surface area contributed by atoms with Crippen molar-refractivity contribution >= 4 is 89.2 Å². The van der Waals surface area contributed by atoms with Gasteiger partial charge in [0.15, 0.2) is 25.4 Å². The summed E-state index contributed by atoms with van der Waals surface area (Å²) in [6, 6.07) is 6.46. The Morgan fingerprint density at radius 3 is 1.60 bits per heavy atom. The third kappa shape index (κ3) is 7.84. The SMILES string of the molecule is C=CS(=O)(=O)c1ccc(OC)c(N=Nc2c(S(=O)(=O)O)cc3cc(S(=O)(=O)O)c(N=Nc4ccc(S(=O)(=O)C=C)cc4S(=O)(=O)O)c(N)c3c2O)c1. The van der Waals surface area contributed by atoms with Crippen LogP contribution < -0.4 is 10.5 Å². The number of hydrogen-bond donors (Lipinski definition) is 5. The lowest BCUT2D eigenvalue weighted by molar-refractivity contribution is 0.415. The van der Waals surface area contributed by atoms with E-state index in [4.69, 9.17) is 10.5 Å². The number of rotatable bonds is 12. The maximum Gasteiger partial charge on any atom is 0.296 e. The summed E-state index contributed by atoms with van der Waals surface area (Å²) in [5.41, 5.74) is 2.12. The molecule has 20 nitrogen and oxygen atoms in total. The molecule has 0 atom stereocenters. The van der Waals surface area contributed by atoms with Gasteiger partial charge in [-0.05, 0) is 53.9 Å². The summed E-state index contributed by atoms with van der Waals surface area (Å²) in [4.78, 5) is -4.50. The van der Waals surface area contributed by atoms with Gasteiger partial charge in [-0.1, -0.05) is 13.2 Å². The first-order valence-corrected chi connectivity index (χ1v) is 20.7. The summed E-state index contributed by atoms with van der Waals surface area (Å²) < 4.78 is 158. The Bertz CT molecular complexity index is 2840. The Labute approximate surface area is 295 Å². The lowest BCUT2D eigenvalue weighted by Crippen LogP contribution is -2.04. The van der Waals surface area contributed by atoms with Crippen LogP contribution in [0.25, 0.3) is 10.8 Å². The van der Waals surface area contributed by atoms with Crippen molar-refractivity contribution < 1.29 is 65.6 Å². The Kier molecular flexibility index (Phi) is 10.5. The first kappa shape index (κ1) is 39.6. The fraction of sp³-hybridized carbons (Fsp3) is 0.0370. The number of nitrogen functional groups attached to an aromatic ring is 1. The van der Waals surface area contributed by atoms with Gasteiger partial charge < -0.3 is 15.6 Å². The molecule has 0 aliphatic rings. The van der Waals surface area contributed by atoms with Crippen LogP contribution in [0.2, 0.25) is 0 Å². The average Bonchev–Trinajstić information content (AvgIpc) is 3.05. The van der Waals surface area contributed by atoms with E-state index in [1.54, 1.807) is 0 Å². The Hall–Kier alpha value is -5.15. The number of phenolic OH excluding ortho intramolecular Hbond substituents is 1. The monoisotopic (exact) mass is 817 g/mol. The molecule has 0 saturated heterocycles. The molecule has 0 fully saturated rings. The molecule has 0 heterocycles. The van der Waals surface area contributed by atoms with Gasteiger partial charge in [-0.3, -0.25) is 13.7 Å². The lowest BCUT2D eigenvalue weighted by Gasteiger charge is -2.14. The molecule has 4 aromatic carbocycles. The molecular formula is C27H23N5O15S5. The number of nitrogens with two attached hydrogens (primary N) is 1. The van der Waals surface area contributed by atoms with E-state index in [2.05, 4.69) is 33.6 Å². The molecule has 0 radical (unpaired) electrons. The smallest absolute Gasteiger partial charge is 0.296 e. The van der Waals surface area contributed by atoms with Crippen molar-refractivity contribution in [3.05, 3.63) is 72.5 Å². The van der Waals surface area contributed by atoms with Crippen LogP contribution >= 0.6 is 0 Å². The fourth-order valence-corrected chi connectivity index (χ4v) is 7.90. The van der Waals surface area contributed by atoms with E-state index in [1.165, 1.54) is 13.2 Å². The highest BCUT2D eigenvalue weighted by atomic mass is 32.2. The van der Waals surface area contributed by atoms with Gasteiger partial charge in [0.2, 0.25) is 0 Å². The molecule has 0 aliphatic carbocycles. The van der Waals surface area contributed by atoms with Crippen molar-refractivity contribution in [1.29, 1.82) is 0 Å². The van der Waals surface area contributed by atoms with E-state index in [9.17, 15) is 60.9 Å². The standard InChI is InChI=1S/C27H23N5O15S5/c1-4-48(34,35)15-7-9-19(47-3)18(12-15)30-32-26-22(52(44,45)46)11-14-10-21(51(41,42)43)25(24(28)23(14)27(26)33)31-29-17-8-6-16(49(36,37)5-2)13-20(17)50(38,39)40/h4-13,33H,1-2,28H2,3H3,(H,38,39,40)(H,41,42,43)(H,44,45,46). The quantitative estimate of drug-likeness (QED) is 0.0744. The summed E-state index contributed by atoms with van der Waals surface area (Å²) in [6.45, 7) is 6.31. The number of azo groups is 2. The van der Waals surface area contributed by atoms with Crippen molar-refractivity contribution in [1.82, 2.24) is 0 Å². The number of hydrogen-bond acceptors (Lipinski definition) is 17. The maximum absolute atomic E-state index is 12.4. The molecule has 0 bridgehead atoms. The van der Waals surface area contributed by atoms with Crippen LogP contribution in [0.1, 0.15) is 0 Å². The number of anilines is 1. The molecule has 0 unspecified atom stereocenters. The predicted octanol–water partition coefficient (Wildman–Crippen LogP) is 4.54. The number of ether oxygens (including phenoxy) is 1. The second-order valence-electron chi connectivity index (χ2n) is 10.0. The number of phenols is 1. The fourth-order valence-electron chi connectivity index (χ4n) is 4.39. The van der Waals surface area contributed by atoms with Crippen molar-refractivity contribution in [2.24, 2.45) is 20.5 Å². The molecule has 6 N–H and O–H groups in total. The first-order chi connectivity index (χ1) is 23.9. The van der Waals surface area contributed by atoms with Crippen LogP contribution in [0.4, 0.5) is 28.4 Å². The average molecular weight is 818 g/mol. The summed E-state index contributed by atoms with van der Waals surface area (Å²) >= 11 is 0. The van der Waals surface area contributed by atoms with Gasteiger partial charge in [-0.15, -0.1) is 20.5 Å². The Morgan fingerprint density at radius 1 is 0.635 bits per heavy atom. The van der Waals surface area contributed by atoms with E-state index in [0.717, 1.165) is 24.3 Å². The van der Waals surface area contributed by atoms with E-state index in [0.29, 0.717) is 29.0 Å². The molecule has 0 aromatic heterocycles. The zero-order valence-electron chi connectivity index (χ0n) is 25.9. The van der Waals surface area contributed by atoms with Gasteiger partial charge in [-0.25, -0.2) is 16.8 Å². The number of methoxy groups -OCH3 is 1. The third-order valence-electron chi connectivity index (χ3n) is 6.84. The van der Waals surface area contributed by atoms with Gasteiger partial charge in [0, 0.05) is 10.8 Å². The molecule has 4 aromatic rings. The Morgan fingerprint density at radius 2 is 1.10 bits per heavy atom. The van der Waals surface area contributed by atoms with Crippen molar-refractivity contribution in [3.63, 3.8) is 0 Å². The van der Waals surface area contributed by atoms with Crippen LogP contribution in [-0.4, -0.2) is 68.0 Å². The molecule has 25 heteroatoms. The van der Waals surface area contributed by atoms with Crippen LogP contribution in [-0.2, 0) is 50.0 Å². The zero-order chi connectivity index (χ0) is 39.2. The lowest BCUT2D eigenvalue weighted by atomic mass is 10.1. The molecule has 0 saturated carbocycles. The van der Waals surface area contributed by atoms with E-state index >= 15 is 0 Å². The molecule has 0 aliphatic heterocycles. The minimum atomic E-state index is -5.36.